The van der Waals surface area contributed by atoms with Crippen LogP contribution in [-0.4, -0.2) is 31.5 Å². The highest BCUT2D eigenvalue weighted by Crippen LogP contribution is 2.11. The van der Waals surface area contributed by atoms with Gasteiger partial charge < -0.3 is 5.11 Å². The minimum absolute atomic E-state index is 0.134. The molecule has 6 heteroatoms. The van der Waals surface area contributed by atoms with Gasteiger partial charge in [-0.3, -0.25) is 0 Å². The van der Waals surface area contributed by atoms with Gasteiger partial charge in [0.2, 0.25) is 0 Å². The van der Waals surface area contributed by atoms with Gasteiger partial charge in [-0.25, -0.2) is 14.6 Å². The summed E-state index contributed by atoms with van der Waals surface area (Å²) >= 11 is 5.72. The molecule has 2 aromatic rings. The van der Waals surface area contributed by atoms with Crippen LogP contribution in [0.3, 0.4) is 0 Å². The van der Waals surface area contributed by atoms with Crippen LogP contribution >= 0.6 is 11.6 Å². The summed E-state index contributed by atoms with van der Waals surface area (Å²) in [6.45, 7) is 0.754. The molecule has 0 radical (unpaired) electrons. The smallest absolute Gasteiger partial charge is 0.178 e. The first-order chi connectivity index (χ1) is 6.81. The quantitative estimate of drug-likeness (QED) is 0.820. The predicted molar refractivity (Wildman–Crippen MR) is 52.0 cm³/mol. The van der Waals surface area contributed by atoms with Gasteiger partial charge in [0, 0.05) is 13.2 Å². The Hall–Kier alpha value is -1.20. The van der Waals surface area contributed by atoms with Crippen LogP contribution in [0.1, 0.15) is 6.42 Å². The maximum atomic E-state index is 8.69. The predicted octanol–water partition coefficient (Wildman–Crippen LogP) is 0.862. The van der Waals surface area contributed by atoms with E-state index in [1.807, 2.05) is 0 Å². The third-order valence-corrected chi connectivity index (χ3v) is 2.03. The fraction of sp³-hybridized carbons (Fsp3) is 0.375. The highest BCUT2D eigenvalue weighted by atomic mass is 35.5. The number of hydrogen-bond acceptors (Lipinski definition) is 4. The summed E-state index contributed by atoms with van der Waals surface area (Å²) in [6.07, 6.45) is 3.77. The summed E-state index contributed by atoms with van der Waals surface area (Å²) in [4.78, 5) is 8.18. The molecule has 0 aliphatic heterocycles. The number of aryl methyl sites for hydroxylation is 1. The van der Waals surface area contributed by atoms with Crippen LogP contribution in [-0.2, 0) is 6.54 Å². The third kappa shape index (κ3) is 1.69. The van der Waals surface area contributed by atoms with Gasteiger partial charge in [-0.05, 0) is 6.42 Å². The van der Waals surface area contributed by atoms with Crippen molar-refractivity contribution in [2.75, 3.05) is 6.61 Å². The van der Waals surface area contributed by atoms with Gasteiger partial charge in [-0.2, -0.15) is 5.10 Å². The van der Waals surface area contributed by atoms with E-state index >= 15 is 0 Å². The number of fused-ring (bicyclic) bond motifs is 1. The molecule has 0 fully saturated rings. The van der Waals surface area contributed by atoms with Crippen LogP contribution in [0.15, 0.2) is 12.4 Å². The lowest BCUT2D eigenvalue weighted by molar-refractivity contribution is 0.278. The summed E-state index contributed by atoms with van der Waals surface area (Å²) in [6, 6.07) is 0. The molecule has 5 nitrogen and oxygen atoms in total. The van der Waals surface area contributed by atoms with Gasteiger partial charge in [0.05, 0.1) is 12.4 Å². The molecule has 0 saturated carbocycles. The van der Waals surface area contributed by atoms with E-state index in [2.05, 4.69) is 15.1 Å². The second-order valence-electron chi connectivity index (χ2n) is 2.85. The Labute approximate surface area is 85.4 Å². The highest BCUT2D eigenvalue weighted by Gasteiger charge is 2.05. The van der Waals surface area contributed by atoms with E-state index in [9.17, 15) is 0 Å². The average Bonchev–Trinajstić information content (AvgIpc) is 2.57. The molecular formula is C8H9ClN4O. The van der Waals surface area contributed by atoms with Crippen molar-refractivity contribution in [3.8, 4) is 0 Å². The zero-order valence-electron chi connectivity index (χ0n) is 7.39. The second kappa shape index (κ2) is 3.89. The van der Waals surface area contributed by atoms with Gasteiger partial charge >= 0.3 is 0 Å². The van der Waals surface area contributed by atoms with E-state index in [0.29, 0.717) is 29.3 Å². The highest BCUT2D eigenvalue weighted by molar-refractivity contribution is 6.29. The fourth-order valence-corrected chi connectivity index (χ4v) is 1.34. The zero-order valence-corrected chi connectivity index (χ0v) is 8.15. The van der Waals surface area contributed by atoms with Crippen molar-refractivity contribution in [1.29, 1.82) is 0 Å². The van der Waals surface area contributed by atoms with E-state index in [0.717, 1.165) is 0 Å². The fourth-order valence-electron chi connectivity index (χ4n) is 1.21. The molecule has 0 amide bonds. The molecule has 0 bridgehead atoms. The van der Waals surface area contributed by atoms with Crippen LogP contribution in [0.5, 0.6) is 0 Å². The molecule has 0 saturated heterocycles. The molecule has 0 spiro atoms. The first-order valence-corrected chi connectivity index (χ1v) is 4.64. The van der Waals surface area contributed by atoms with Gasteiger partial charge in [0.1, 0.15) is 10.7 Å². The second-order valence-corrected chi connectivity index (χ2v) is 3.23. The number of rotatable bonds is 3. The van der Waals surface area contributed by atoms with E-state index in [-0.39, 0.29) is 6.61 Å². The average molecular weight is 213 g/mol. The van der Waals surface area contributed by atoms with Crippen molar-refractivity contribution in [2.45, 2.75) is 13.0 Å². The molecule has 74 valence electrons. The summed E-state index contributed by atoms with van der Waals surface area (Å²) in [5.74, 6) is 0. The molecule has 0 atom stereocenters. The normalized spacial score (nSPS) is 11.0. The van der Waals surface area contributed by atoms with Crippen molar-refractivity contribution in [1.82, 2.24) is 19.7 Å². The van der Waals surface area contributed by atoms with Gasteiger partial charge in [-0.1, -0.05) is 11.6 Å². The molecule has 0 aliphatic rings. The molecule has 14 heavy (non-hydrogen) atoms. The number of aromatic nitrogens is 4. The number of aliphatic hydroxyl groups excluding tert-OH is 1. The Bertz CT molecular complexity index is 442. The monoisotopic (exact) mass is 212 g/mol. The Kier molecular flexibility index (Phi) is 2.60. The minimum Gasteiger partial charge on any atom is -0.396 e. The van der Waals surface area contributed by atoms with Crippen molar-refractivity contribution in [2.24, 2.45) is 0 Å². The van der Waals surface area contributed by atoms with Gasteiger partial charge in [0.15, 0.2) is 5.65 Å². The van der Waals surface area contributed by atoms with E-state index in [4.69, 9.17) is 16.7 Å². The Balaban J connectivity index is 2.40. The topological polar surface area (TPSA) is 63.8 Å². The molecule has 2 heterocycles. The lowest BCUT2D eigenvalue weighted by atomic mass is 10.4. The van der Waals surface area contributed by atoms with E-state index < -0.39 is 0 Å². The summed E-state index contributed by atoms with van der Waals surface area (Å²) in [5.41, 5.74) is 1.37. The van der Waals surface area contributed by atoms with Crippen LogP contribution in [0.2, 0.25) is 5.15 Å². The summed E-state index contributed by atoms with van der Waals surface area (Å²) in [7, 11) is 0. The number of hydrogen-bond donors (Lipinski definition) is 1. The lowest BCUT2D eigenvalue weighted by Crippen LogP contribution is -2.02. The van der Waals surface area contributed by atoms with Crippen molar-refractivity contribution < 1.29 is 5.11 Å². The van der Waals surface area contributed by atoms with Gasteiger partial charge in [0.25, 0.3) is 0 Å². The molecular weight excluding hydrogens is 204 g/mol. The Morgan fingerprint density at radius 2 is 2.29 bits per heavy atom. The van der Waals surface area contributed by atoms with Crippen molar-refractivity contribution >= 4 is 22.8 Å². The minimum atomic E-state index is 0.134. The molecule has 1 N–H and O–H groups in total. The first kappa shape index (κ1) is 9.36. The Morgan fingerprint density at radius 1 is 1.43 bits per heavy atom. The number of nitrogens with zero attached hydrogens (tertiary/aromatic N) is 4. The van der Waals surface area contributed by atoms with Crippen LogP contribution < -0.4 is 0 Å². The zero-order chi connectivity index (χ0) is 9.97. The summed E-state index contributed by atoms with van der Waals surface area (Å²) in [5, 5.41) is 13.1. The Morgan fingerprint density at radius 3 is 3.07 bits per heavy atom. The largest absolute Gasteiger partial charge is 0.396 e. The number of aliphatic hydroxyl groups is 1. The first-order valence-electron chi connectivity index (χ1n) is 4.26. The SMILES string of the molecule is OCCCn1ncc2ncc(Cl)nc21. The molecule has 0 unspecified atom stereocenters. The van der Waals surface area contributed by atoms with Crippen LogP contribution in [0.4, 0.5) is 0 Å². The van der Waals surface area contributed by atoms with Crippen molar-refractivity contribution in [3.05, 3.63) is 17.5 Å². The standard InChI is InChI=1S/C8H9ClN4O/c9-7-5-10-6-4-11-13(2-1-3-14)8(6)12-7/h4-5,14H,1-3H2. The molecule has 0 aromatic carbocycles. The van der Waals surface area contributed by atoms with E-state index in [1.165, 1.54) is 6.20 Å². The molecule has 0 aliphatic carbocycles. The van der Waals surface area contributed by atoms with Gasteiger partial charge in [-0.15, -0.1) is 0 Å². The van der Waals surface area contributed by atoms with Crippen molar-refractivity contribution in [3.63, 3.8) is 0 Å². The lowest BCUT2D eigenvalue weighted by Gasteiger charge is -1.99. The van der Waals surface area contributed by atoms with Crippen LogP contribution in [0.25, 0.3) is 11.2 Å². The summed E-state index contributed by atoms with van der Waals surface area (Å²) < 4.78 is 1.68. The maximum Gasteiger partial charge on any atom is 0.178 e. The van der Waals surface area contributed by atoms with Crippen LogP contribution in [0, 0.1) is 0 Å². The third-order valence-electron chi connectivity index (χ3n) is 1.84. The number of halogens is 1. The molecule has 2 aromatic heterocycles. The van der Waals surface area contributed by atoms with E-state index in [1.54, 1.807) is 10.9 Å². The maximum absolute atomic E-state index is 8.69. The molecule has 2 rings (SSSR count).